The number of nitrogens with zero attached hydrogens (tertiary/aromatic N) is 6. The first-order valence-electron chi connectivity index (χ1n) is 6.74. The molecule has 0 amide bonds. The van der Waals surface area contributed by atoms with Gasteiger partial charge < -0.3 is 5.32 Å². The van der Waals surface area contributed by atoms with Crippen molar-refractivity contribution in [2.24, 2.45) is 0 Å². The van der Waals surface area contributed by atoms with E-state index in [0.29, 0.717) is 22.3 Å². The summed E-state index contributed by atoms with van der Waals surface area (Å²) in [4.78, 5) is 17.2. The Morgan fingerprint density at radius 2 is 2.15 bits per heavy atom. The highest BCUT2D eigenvalue weighted by atomic mass is 32.2. The van der Waals surface area contributed by atoms with Crippen molar-refractivity contribution in [3.05, 3.63) is 12.7 Å². The van der Waals surface area contributed by atoms with Crippen molar-refractivity contribution in [2.75, 3.05) is 11.9 Å². The van der Waals surface area contributed by atoms with Gasteiger partial charge in [0.15, 0.2) is 5.16 Å². The van der Waals surface area contributed by atoms with Gasteiger partial charge in [-0.2, -0.15) is 24.7 Å². The summed E-state index contributed by atoms with van der Waals surface area (Å²) in [6.45, 7) is 7.23. The Balaban J connectivity index is 2.28. The van der Waals surface area contributed by atoms with Gasteiger partial charge in [0.25, 0.3) is 5.95 Å². The van der Waals surface area contributed by atoms with Crippen LogP contribution in [-0.2, 0) is 0 Å². The van der Waals surface area contributed by atoms with Crippen LogP contribution in [-0.4, -0.2) is 41.5 Å². The van der Waals surface area contributed by atoms with E-state index in [1.54, 1.807) is 22.8 Å². The van der Waals surface area contributed by atoms with Crippen molar-refractivity contribution >= 4 is 17.7 Å². The molecule has 2 aromatic heterocycles. The standard InChI is InChI=1S/C12H19N7S/c1-4-6-14-10-16-11(19-8-13-7-15-19)18-12(17-10)20-9(3)5-2/h7-9H,4-6H2,1-3H3,(H,14,16,17,18). The average molecular weight is 293 g/mol. The number of hydrogen-bond donors (Lipinski definition) is 1. The molecular formula is C12H19N7S. The lowest BCUT2D eigenvalue weighted by Crippen LogP contribution is -2.11. The molecule has 0 radical (unpaired) electrons. The minimum atomic E-state index is 0.458. The average Bonchev–Trinajstić information content (AvgIpc) is 2.99. The normalized spacial score (nSPS) is 12.3. The zero-order valence-electron chi connectivity index (χ0n) is 11.9. The van der Waals surface area contributed by atoms with Gasteiger partial charge in [0, 0.05) is 11.8 Å². The summed E-state index contributed by atoms with van der Waals surface area (Å²) >= 11 is 1.64. The third-order valence-corrected chi connectivity index (χ3v) is 3.77. The Kier molecular flexibility index (Phi) is 5.28. The summed E-state index contributed by atoms with van der Waals surface area (Å²) in [5.41, 5.74) is 0. The Hall–Kier alpha value is -1.70. The van der Waals surface area contributed by atoms with Crippen LogP contribution in [0.15, 0.2) is 17.8 Å². The van der Waals surface area contributed by atoms with Gasteiger partial charge in [-0.25, -0.2) is 4.98 Å². The fourth-order valence-electron chi connectivity index (χ4n) is 1.39. The van der Waals surface area contributed by atoms with Crippen LogP contribution in [0, 0.1) is 0 Å². The Bertz CT molecular complexity index is 529. The quantitative estimate of drug-likeness (QED) is 0.783. The van der Waals surface area contributed by atoms with Gasteiger partial charge in [0.05, 0.1) is 0 Å². The van der Waals surface area contributed by atoms with Gasteiger partial charge in [-0.3, -0.25) is 0 Å². The SMILES string of the molecule is CCCNc1nc(SC(C)CC)nc(-n2cncn2)n1. The maximum atomic E-state index is 4.44. The van der Waals surface area contributed by atoms with Crippen LogP contribution in [0.2, 0.25) is 0 Å². The van der Waals surface area contributed by atoms with Crippen LogP contribution in [0.4, 0.5) is 5.95 Å². The van der Waals surface area contributed by atoms with Crippen molar-refractivity contribution in [1.82, 2.24) is 29.7 Å². The molecule has 1 unspecified atom stereocenters. The lowest BCUT2D eigenvalue weighted by atomic mass is 10.4. The van der Waals surface area contributed by atoms with E-state index in [4.69, 9.17) is 0 Å². The van der Waals surface area contributed by atoms with E-state index in [1.165, 1.54) is 6.33 Å². The predicted octanol–water partition coefficient (Wildman–Crippen LogP) is 2.16. The Morgan fingerprint density at radius 1 is 1.30 bits per heavy atom. The topological polar surface area (TPSA) is 81.4 Å². The van der Waals surface area contributed by atoms with Crippen LogP contribution in [0.3, 0.4) is 0 Å². The third-order valence-electron chi connectivity index (χ3n) is 2.64. The van der Waals surface area contributed by atoms with E-state index >= 15 is 0 Å². The minimum Gasteiger partial charge on any atom is -0.354 e. The van der Waals surface area contributed by atoms with E-state index in [0.717, 1.165) is 19.4 Å². The highest BCUT2D eigenvalue weighted by Gasteiger charge is 2.11. The molecule has 0 saturated carbocycles. The van der Waals surface area contributed by atoms with Gasteiger partial charge in [-0.05, 0) is 12.8 Å². The van der Waals surface area contributed by atoms with Crippen molar-refractivity contribution in [2.45, 2.75) is 44.0 Å². The van der Waals surface area contributed by atoms with Crippen molar-refractivity contribution in [3.63, 3.8) is 0 Å². The van der Waals surface area contributed by atoms with Crippen LogP contribution < -0.4 is 5.32 Å². The fourth-order valence-corrected chi connectivity index (χ4v) is 2.19. The molecule has 0 bridgehead atoms. The second-order valence-corrected chi connectivity index (χ2v) is 5.75. The largest absolute Gasteiger partial charge is 0.354 e. The van der Waals surface area contributed by atoms with E-state index in [9.17, 15) is 0 Å². The molecule has 20 heavy (non-hydrogen) atoms. The fraction of sp³-hybridized carbons (Fsp3) is 0.583. The van der Waals surface area contributed by atoms with E-state index in [1.807, 2.05) is 0 Å². The maximum Gasteiger partial charge on any atom is 0.257 e. The molecule has 8 heteroatoms. The molecule has 108 valence electrons. The van der Waals surface area contributed by atoms with Crippen LogP contribution >= 0.6 is 11.8 Å². The number of nitrogens with one attached hydrogen (secondary N) is 1. The molecule has 0 spiro atoms. The molecule has 0 saturated heterocycles. The van der Waals surface area contributed by atoms with Gasteiger partial charge in [-0.15, -0.1) is 0 Å². The van der Waals surface area contributed by atoms with E-state index in [-0.39, 0.29) is 0 Å². The number of anilines is 1. The molecule has 2 heterocycles. The number of hydrogen-bond acceptors (Lipinski definition) is 7. The maximum absolute atomic E-state index is 4.44. The number of aromatic nitrogens is 6. The van der Waals surface area contributed by atoms with E-state index < -0.39 is 0 Å². The predicted molar refractivity (Wildman–Crippen MR) is 79.1 cm³/mol. The highest BCUT2D eigenvalue weighted by molar-refractivity contribution is 7.99. The monoisotopic (exact) mass is 293 g/mol. The second kappa shape index (κ2) is 7.18. The molecular weight excluding hydrogens is 274 g/mol. The first-order valence-corrected chi connectivity index (χ1v) is 7.62. The van der Waals surface area contributed by atoms with Crippen LogP contribution in [0.1, 0.15) is 33.6 Å². The first kappa shape index (κ1) is 14.7. The molecule has 0 aliphatic carbocycles. The zero-order valence-corrected chi connectivity index (χ0v) is 12.8. The van der Waals surface area contributed by atoms with Gasteiger partial charge >= 0.3 is 0 Å². The molecule has 1 N–H and O–H groups in total. The smallest absolute Gasteiger partial charge is 0.257 e. The van der Waals surface area contributed by atoms with Crippen molar-refractivity contribution < 1.29 is 0 Å². The molecule has 0 aliphatic heterocycles. The summed E-state index contributed by atoms with van der Waals surface area (Å²) in [5.74, 6) is 1.07. The first-order chi connectivity index (χ1) is 9.72. The van der Waals surface area contributed by atoms with Crippen LogP contribution in [0.5, 0.6) is 0 Å². The summed E-state index contributed by atoms with van der Waals surface area (Å²) in [6.07, 6.45) is 5.12. The summed E-state index contributed by atoms with van der Waals surface area (Å²) in [7, 11) is 0. The minimum absolute atomic E-state index is 0.458. The zero-order chi connectivity index (χ0) is 14.4. The van der Waals surface area contributed by atoms with Gasteiger partial charge in [-0.1, -0.05) is 32.5 Å². The second-order valence-electron chi connectivity index (χ2n) is 4.35. The molecule has 0 aromatic carbocycles. The number of thioether (sulfide) groups is 1. The molecule has 2 rings (SSSR count). The molecule has 2 aromatic rings. The summed E-state index contributed by atoms with van der Waals surface area (Å²) in [5, 5.41) is 8.42. The molecule has 1 atom stereocenters. The Labute approximate surface area is 122 Å². The van der Waals surface area contributed by atoms with Gasteiger partial charge in [0.1, 0.15) is 12.7 Å². The third kappa shape index (κ3) is 3.89. The molecule has 0 fully saturated rings. The van der Waals surface area contributed by atoms with Crippen molar-refractivity contribution in [1.29, 1.82) is 0 Å². The van der Waals surface area contributed by atoms with Gasteiger partial charge in [0.2, 0.25) is 5.95 Å². The molecule has 0 aliphatic rings. The van der Waals surface area contributed by atoms with Crippen molar-refractivity contribution in [3.8, 4) is 5.95 Å². The summed E-state index contributed by atoms with van der Waals surface area (Å²) < 4.78 is 1.54. The Morgan fingerprint density at radius 3 is 2.80 bits per heavy atom. The summed E-state index contributed by atoms with van der Waals surface area (Å²) in [6, 6.07) is 0. The molecule has 7 nitrogen and oxygen atoms in total. The number of rotatable bonds is 7. The van der Waals surface area contributed by atoms with Crippen LogP contribution in [0.25, 0.3) is 5.95 Å². The lowest BCUT2D eigenvalue weighted by molar-refractivity contribution is 0.754. The van der Waals surface area contributed by atoms with E-state index in [2.05, 4.69) is 51.1 Å². The highest BCUT2D eigenvalue weighted by Crippen LogP contribution is 2.22. The lowest BCUT2D eigenvalue weighted by Gasteiger charge is -2.10.